The molecular weight excluding hydrogens is 324 g/mol. The topological polar surface area (TPSA) is 75.7 Å². The number of amides is 1. The number of carbonyl (C=O) groups excluding carboxylic acids is 1. The summed E-state index contributed by atoms with van der Waals surface area (Å²) >= 11 is 1.58. The smallest absolute Gasteiger partial charge is 0.227 e. The lowest BCUT2D eigenvalue weighted by atomic mass is 9.81. The normalized spacial score (nSPS) is 28.0. The fourth-order valence-corrected chi connectivity index (χ4v) is 4.47. The maximum Gasteiger partial charge on any atom is 0.227 e. The molecule has 0 aliphatic carbocycles. The van der Waals surface area contributed by atoms with Gasteiger partial charge in [-0.2, -0.15) is 0 Å². The summed E-state index contributed by atoms with van der Waals surface area (Å²) in [6.07, 6.45) is 1.57. The van der Waals surface area contributed by atoms with Crippen LogP contribution in [0, 0.1) is 11.3 Å². The van der Waals surface area contributed by atoms with Gasteiger partial charge in [-0.25, -0.2) is 13.1 Å². The molecule has 0 bridgehead atoms. The Labute approximate surface area is 134 Å². The molecule has 2 fully saturated rings. The zero-order valence-electron chi connectivity index (χ0n) is 12.4. The number of nitrogens with zero attached hydrogens (tertiary/aromatic N) is 1. The third-order valence-corrected chi connectivity index (χ3v) is 6.01. The fourth-order valence-electron chi connectivity index (χ4n) is 3.22. The first-order chi connectivity index (χ1) is 10.4. The van der Waals surface area contributed by atoms with Gasteiger partial charge >= 0.3 is 0 Å². The van der Waals surface area contributed by atoms with Gasteiger partial charge in [0.1, 0.15) is 0 Å². The van der Waals surface area contributed by atoms with Crippen molar-refractivity contribution in [2.24, 2.45) is 11.3 Å². The number of fused-ring (bicyclic) bond motifs is 1. The van der Waals surface area contributed by atoms with Crippen LogP contribution in [0.25, 0.3) is 0 Å². The Kier molecular flexibility index (Phi) is 4.28. The van der Waals surface area contributed by atoms with Crippen LogP contribution in [0.3, 0.4) is 0 Å². The van der Waals surface area contributed by atoms with Crippen molar-refractivity contribution >= 4 is 27.3 Å². The van der Waals surface area contributed by atoms with Crippen LogP contribution in [0.15, 0.2) is 17.5 Å². The van der Waals surface area contributed by atoms with Crippen molar-refractivity contribution in [2.75, 3.05) is 39.1 Å². The summed E-state index contributed by atoms with van der Waals surface area (Å²) in [5.41, 5.74) is -0.284. The van der Waals surface area contributed by atoms with Gasteiger partial charge in [-0.15, -0.1) is 11.3 Å². The predicted molar refractivity (Wildman–Crippen MR) is 84.2 cm³/mol. The number of thiophene rings is 1. The third-order valence-electron chi connectivity index (χ3n) is 4.47. The van der Waals surface area contributed by atoms with E-state index in [1.807, 2.05) is 22.4 Å². The SMILES string of the molecule is CS(=O)(=O)NC[C@]12COC[C@H]1CN(C(=O)Cc1cccs1)C2. The van der Waals surface area contributed by atoms with E-state index in [2.05, 4.69) is 4.72 Å². The lowest BCUT2D eigenvalue weighted by Gasteiger charge is -2.27. The number of nitrogens with one attached hydrogen (secondary N) is 1. The Balaban J connectivity index is 1.66. The van der Waals surface area contributed by atoms with Gasteiger partial charge in [0, 0.05) is 35.8 Å². The molecule has 122 valence electrons. The maximum absolute atomic E-state index is 12.4. The molecule has 2 aliphatic heterocycles. The Morgan fingerprint density at radius 1 is 1.59 bits per heavy atom. The molecule has 3 heterocycles. The second-order valence-corrected chi connectivity index (χ2v) is 9.06. The standard InChI is InChI=1S/C14H20N2O4S2/c1-22(18,19)15-8-14-9-16(6-11(14)7-20-10-14)13(17)5-12-3-2-4-21-12/h2-4,11,15H,5-10H2,1H3/t11-,14+/m1/s1. The van der Waals surface area contributed by atoms with E-state index in [9.17, 15) is 13.2 Å². The van der Waals surface area contributed by atoms with Crippen molar-refractivity contribution in [1.82, 2.24) is 9.62 Å². The molecule has 2 aliphatic rings. The highest BCUT2D eigenvalue weighted by Crippen LogP contribution is 2.41. The molecule has 1 amide bonds. The summed E-state index contributed by atoms with van der Waals surface area (Å²) in [6.45, 7) is 2.64. The number of sulfonamides is 1. The Hall–Kier alpha value is -0.960. The quantitative estimate of drug-likeness (QED) is 0.834. The number of hydrogen-bond donors (Lipinski definition) is 1. The van der Waals surface area contributed by atoms with Crippen LogP contribution in [-0.2, 0) is 26.0 Å². The van der Waals surface area contributed by atoms with Gasteiger partial charge < -0.3 is 9.64 Å². The predicted octanol–water partition coefficient (Wildman–Crippen LogP) is 0.315. The summed E-state index contributed by atoms with van der Waals surface area (Å²) in [7, 11) is -3.24. The number of ether oxygens (including phenoxy) is 1. The average molecular weight is 344 g/mol. The van der Waals surface area contributed by atoms with Gasteiger partial charge in [0.25, 0.3) is 0 Å². The highest BCUT2D eigenvalue weighted by atomic mass is 32.2. The lowest BCUT2D eigenvalue weighted by Crippen LogP contribution is -2.43. The van der Waals surface area contributed by atoms with E-state index in [0.717, 1.165) is 11.1 Å². The van der Waals surface area contributed by atoms with Gasteiger partial charge in [0.05, 0.1) is 25.9 Å². The molecule has 0 saturated carbocycles. The second kappa shape index (κ2) is 5.92. The van der Waals surface area contributed by atoms with E-state index < -0.39 is 10.0 Å². The van der Waals surface area contributed by atoms with Gasteiger partial charge in [0.2, 0.25) is 15.9 Å². The summed E-state index contributed by atoms with van der Waals surface area (Å²) in [6, 6.07) is 3.90. The Bertz CT molecular complexity index is 644. The van der Waals surface area contributed by atoms with Crippen LogP contribution < -0.4 is 4.72 Å². The first kappa shape index (κ1) is 15.9. The molecule has 0 radical (unpaired) electrons. The minimum absolute atomic E-state index is 0.107. The van der Waals surface area contributed by atoms with Gasteiger partial charge in [0.15, 0.2) is 0 Å². The number of hydrogen-bond acceptors (Lipinski definition) is 5. The van der Waals surface area contributed by atoms with Crippen molar-refractivity contribution < 1.29 is 17.9 Å². The molecule has 22 heavy (non-hydrogen) atoms. The van der Waals surface area contributed by atoms with Crippen molar-refractivity contribution in [2.45, 2.75) is 6.42 Å². The third kappa shape index (κ3) is 3.34. The van der Waals surface area contributed by atoms with E-state index in [1.165, 1.54) is 0 Å². The second-order valence-electron chi connectivity index (χ2n) is 6.20. The Morgan fingerprint density at radius 2 is 2.41 bits per heavy atom. The van der Waals surface area contributed by atoms with E-state index in [1.54, 1.807) is 11.3 Å². The van der Waals surface area contributed by atoms with E-state index in [0.29, 0.717) is 39.3 Å². The van der Waals surface area contributed by atoms with Crippen LogP contribution in [0.4, 0.5) is 0 Å². The molecule has 0 aromatic carbocycles. The average Bonchev–Trinajstić information content (AvgIpc) is 3.09. The summed E-state index contributed by atoms with van der Waals surface area (Å²) in [5, 5.41) is 1.96. The molecule has 0 unspecified atom stereocenters. The first-order valence-corrected chi connectivity index (χ1v) is 9.98. The first-order valence-electron chi connectivity index (χ1n) is 7.20. The maximum atomic E-state index is 12.4. The number of carbonyl (C=O) groups is 1. The van der Waals surface area contributed by atoms with E-state index in [4.69, 9.17) is 4.74 Å². The van der Waals surface area contributed by atoms with Crippen molar-refractivity contribution in [1.29, 1.82) is 0 Å². The van der Waals surface area contributed by atoms with Crippen LogP contribution in [0.1, 0.15) is 4.88 Å². The van der Waals surface area contributed by atoms with Crippen molar-refractivity contribution in [3.8, 4) is 0 Å². The summed E-state index contributed by atoms with van der Waals surface area (Å²) < 4.78 is 30.9. The molecule has 3 rings (SSSR count). The molecule has 0 spiro atoms. The zero-order valence-corrected chi connectivity index (χ0v) is 14.1. The van der Waals surface area contributed by atoms with Gasteiger partial charge in [-0.05, 0) is 11.4 Å². The lowest BCUT2D eigenvalue weighted by molar-refractivity contribution is -0.130. The van der Waals surface area contributed by atoms with Gasteiger partial charge in [-0.3, -0.25) is 4.79 Å². The molecule has 2 atom stereocenters. The van der Waals surface area contributed by atoms with Crippen molar-refractivity contribution in [3.63, 3.8) is 0 Å². The minimum Gasteiger partial charge on any atom is -0.380 e. The number of rotatable bonds is 5. The summed E-state index contributed by atoms with van der Waals surface area (Å²) in [4.78, 5) is 15.4. The van der Waals surface area contributed by atoms with Crippen LogP contribution in [0.5, 0.6) is 0 Å². The molecule has 1 N–H and O–H groups in total. The highest BCUT2D eigenvalue weighted by Gasteiger charge is 2.51. The molecular formula is C14H20N2O4S2. The van der Waals surface area contributed by atoms with Crippen molar-refractivity contribution in [3.05, 3.63) is 22.4 Å². The summed E-state index contributed by atoms with van der Waals surface area (Å²) in [5.74, 6) is 0.310. The molecule has 1 aromatic heterocycles. The molecule has 6 nitrogen and oxygen atoms in total. The molecule has 8 heteroatoms. The van der Waals surface area contributed by atoms with E-state index >= 15 is 0 Å². The highest BCUT2D eigenvalue weighted by molar-refractivity contribution is 7.88. The van der Waals surface area contributed by atoms with Crippen LogP contribution in [-0.4, -0.2) is 58.3 Å². The van der Waals surface area contributed by atoms with Crippen LogP contribution in [0.2, 0.25) is 0 Å². The fraction of sp³-hybridized carbons (Fsp3) is 0.643. The number of likely N-dealkylation sites (tertiary alicyclic amines) is 1. The molecule has 1 aromatic rings. The van der Waals surface area contributed by atoms with Gasteiger partial charge in [-0.1, -0.05) is 6.07 Å². The van der Waals surface area contributed by atoms with E-state index in [-0.39, 0.29) is 17.2 Å². The van der Waals surface area contributed by atoms with Crippen LogP contribution >= 0.6 is 11.3 Å². The minimum atomic E-state index is -3.24. The molecule has 2 saturated heterocycles. The largest absolute Gasteiger partial charge is 0.380 e. The Morgan fingerprint density at radius 3 is 3.09 bits per heavy atom. The monoisotopic (exact) mass is 344 g/mol. The zero-order chi connectivity index (χ0) is 15.8.